The van der Waals surface area contributed by atoms with Gasteiger partial charge >= 0.3 is 11.9 Å². The predicted octanol–water partition coefficient (Wildman–Crippen LogP) is 9.84. The summed E-state index contributed by atoms with van der Waals surface area (Å²) in [7, 11) is 1.41. The number of hydrogen-bond donors (Lipinski definition) is 1. The second kappa shape index (κ2) is 16.7. The highest BCUT2D eigenvalue weighted by atomic mass is 16.6. The number of carboxylic acids is 1. The van der Waals surface area contributed by atoms with Crippen molar-refractivity contribution in [2.24, 2.45) is 0 Å². The van der Waals surface area contributed by atoms with Crippen LogP contribution in [-0.2, 0) is 49.5 Å². The number of hydrogen-bond acceptors (Lipinski definition) is 7. The highest BCUT2D eigenvalue weighted by Gasteiger charge is 2.35. The fourth-order valence-corrected chi connectivity index (χ4v) is 7.56. The summed E-state index contributed by atoms with van der Waals surface area (Å²) in [5, 5.41) is 9.94. The molecule has 2 heterocycles. The molecule has 2 unspecified atom stereocenters. The Hall–Kier alpha value is -4.40. The van der Waals surface area contributed by atoms with E-state index in [0.717, 1.165) is 102 Å². The van der Waals surface area contributed by atoms with Gasteiger partial charge in [-0.25, -0.2) is 9.59 Å². The molecule has 8 heteroatoms. The first-order valence-electron chi connectivity index (χ1n) is 18.9. The third-order valence-electron chi connectivity index (χ3n) is 9.64. The molecule has 2 aliphatic carbocycles. The summed E-state index contributed by atoms with van der Waals surface area (Å²) >= 11 is 0. The Bertz CT molecular complexity index is 1910. The zero-order valence-corrected chi connectivity index (χ0v) is 33.0. The van der Waals surface area contributed by atoms with Gasteiger partial charge in [-0.05, 0) is 140 Å². The van der Waals surface area contributed by atoms with Gasteiger partial charge in [-0.1, -0.05) is 60.7 Å². The van der Waals surface area contributed by atoms with Gasteiger partial charge in [-0.2, -0.15) is 0 Å². The Morgan fingerprint density at radius 2 is 1.00 bits per heavy atom. The molecule has 53 heavy (non-hydrogen) atoms. The van der Waals surface area contributed by atoms with Crippen molar-refractivity contribution in [3.63, 3.8) is 0 Å². The van der Waals surface area contributed by atoms with Crippen LogP contribution in [0.2, 0.25) is 0 Å². The number of ether oxygens (including phenoxy) is 3. The minimum atomic E-state index is -1.04. The van der Waals surface area contributed by atoms with Crippen LogP contribution < -0.4 is 0 Å². The van der Waals surface area contributed by atoms with Crippen LogP contribution in [0.4, 0.5) is 0 Å². The van der Waals surface area contributed by atoms with Crippen molar-refractivity contribution in [1.29, 1.82) is 0 Å². The van der Waals surface area contributed by atoms with Crippen molar-refractivity contribution in [3.8, 4) is 22.3 Å². The second-order valence-corrected chi connectivity index (χ2v) is 16.1. The first kappa shape index (κ1) is 39.8. The molecule has 0 spiro atoms. The summed E-state index contributed by atoms with van der Waals surface area (Å²) in [6, 6.07) is 20.3. The van der Waals surface area contributed by atoms with Crippen LogP contribution >= 0.6 is 0 Å². The van der Waals surface area contributed by atoms with Gasteiger partial charge in [0.1, 0.15) is 0 Å². The molecule has 282 valence electrons. The van der Waals surface area contributed by atoms with Crippen molar-refractivity contribution >= 4 is 11.9 Å². The summed E-state index contributed by atoms with van der Waals surface area (Å²) in [6.45, 7) is 15.4. The lowest BCUT2D eigenvalue weighted by Gasteiger charge is -2.30. The maximum atomic E-state index is 12.7. The number of aryl methyl sites for hydroxylation is 4. The lowest BCUT2D eigenvalue weighted by Crippen LogP contribution is -2.30. The number of aromatic nitrogens is 2. The molecule has 0 saturated heterocycles. The summed E-state index contributed by atoms with van der Waals surface area (Å²) in [6.07, 6.45) is 6.54. The SMILES string of the molecule is COC(=O)C(OC(C)(C)C)c1c(C)nc2c(c1-c1ccccc1)CCCC2.Cc1nc2c(c(-c3ccccc3)c1C(OC(C)(C)C)C(=O)O)CCCC2. The molecule has 1 N–H and O–H groups in total. The maximum absolute atomic E-state index is 12.7. The van der Waals surface area contributed by atoms with E-state index in [1.165, 1.54) is 18.2 Å². The number of pyridine rings is 2. The Morgan fingerprint density at radius 1 is 0.623 bits per heavy atom. The van der Waals surface area contributed by atoms with E-state index in [2.05, 4.69) is 12.1 Å². The van der Waals surface area contributed by atoms with Gasteiger partial charge in [-0.3, -0.25) is 9.97 Å². The van der Waals surface area contributed by atoms with Crippen molar-refractivity contribution in [1.82, 2.24) is 9.97 Å². The molecular formula is C45H56N2O6. The van der Waals surface area contributed by atoms with Crippen LogP contribution in [0.15, 0.2) is 60.7 Å². The second-order valence-electron chi connectivity index (χ2n) is 16.1. The number of benzene rings is 2. The molecule has 6 rings (SSSR count). The van der Waals surface area contributed by atoms with Crippen molar-refractivity contribution in [3.05, 3.63) is 106 Å². The quantitative estimate of drug-likeness (QED) is 0.179. The molecule has 0 amide bonds. The molecule has 0 radical (unpaired) electrons. The zero-order chi connectivity index (χ0) is 38.5. The Kier molecular flexibility index (Phi) is 12.6. The first-order valence-corrected chi connectivity index (χ1v) is 18.9. The topological polar surface area (TPSA) is 108 Å². The molecule has 2 aromatic heterocycles. The van der Waals surface area contributed by atoms with Gasteiger partial charge in [-0.15, -0.1) is 0 Å². The Labute approximate surface area is 315 Å². The Morgan fingerprint density at radius 3 is 1.38 bits per heavy atom. The normalized spacial score (nSPS) is 15.3. The Balaban J connectivity index is 0.000000204. The number of carbonyl (C=O) groups is 2. The smallest absolute Gasteiger partial charge is 0.339 e. The van der Waals surface area contributed by atoms with Crippen LogP contribution in [0, 0.1) is 13.8 Å². The third-order valence-corrected chi connectivity index (χ3v) is 9.64. The van der Waals surface area contributed by atoms with Gasteiger partial charge in [0, 0.05) is 33.9 Å². The van der Waals surface area contributed by atoms with Crippen LogP contribution in [0.1, 0.15) is 124 Å². The lowest BCUT2D eigenvalue weighted by atomic mass is 9.84. The zero-order valence-electron chi connectivity index (χ0n) is 33.0. The van der Waals surface area contributed by atoms with Gasteiger partial charge in [0.25, 0.3) is 0 Å². The average Bonchev–Trinajstić information content (AvgIpc) is 3.12. The van der Waals surface area contributed by atoms with E-state index >= 15 is 0 Å². The first-order chi connectivity index (χ1) is 25.1. The molecule has 8 nitrogen and oxygen atoms in total. The number of fused-ring (bicyclic) bond motifs is 2. The predicted molar refractivity (Wildman–Crippen MR) is 209 cm³/mol. The minimum absolute atomic E-state index is 0.386. The van der Waals surface area contributed by atoms with E-state index in [0.29, 0.717) is 5.56 Å². The average molecular weight is 721 g/mol. The summed E-state index contributed by atoms with van der Waals surface area (Å²) in [5.41, 5.74) is 11.0. The van der Waals surface area contributed by atoms with Gasteiger partial charge < -0.3 is 19.3 Å². The van der Waals surface area contributed by atoms with Gasteiger partial charge in [0.15, 0.2) is 12.2 Å². The summed E-state index contributed by atoms with van der Waals surface area (Å²) in [5.74, 6) is -1.36. The molecule has 0 saturated carbocycles. The molecule has 0 aliphatic heterocycles. The van der Waals surface area contributed by atoms with Crippen LogP contribution in [0.25, 0.3) is 22.3 Å². The third kappa shape index (κ3) is 9.59. The van der Waals surface area contributed by atoms with Gasteiger partial charge in [0.2, 0.25) is 0 Å². The maximum Gasteiger partial charge on any atom is 0.339 e. The van der Waals surface area contributed by atoms with E-state index in [4.69, 9.17) is 24.2 Å². The fourth-order valence-electron chi connectivity index (χ4n) is 7.56. The number of methoxy groups -OCH3 is 1. The lowest BCUT2D eigenvalue weighted by molar-refractivity contribution is -0.164. The number of carbonyl (C=O) groups excluding carboxylic acids is 1. The van der Waals surface area contributed by atoms with Crippen LogP contribution in [0.3, 0.4) is 0 Å². The van der Waals surface area contributed by atoms with Crippen molar-refractivity contribution in [2.45, 2.75) is 130 Å². The van der Waals surface area contributed by atoms with Crippen LogP contribution in [0.5, 0.6) is 0 Å². The highest BCUT2D eigenvalue weighted by Crippen LogP contribution is 2.42. The molecule has 0 fully saturated rings. The van der Waals surface area contributed by atoms with E-state index in [9.17, 15) is 14.7 Å². The van der Waals surface area contributed by atoms with Crippen molar-refractivity contribution in [2.75, 3.05) is 7.11 Å². The monoisotopic (exact) mass is 720 g/mol. The van der Waals surface area contributed by atoms with E-state index in [1.807, 2.05) is 104 Å². The number of esters is 1. The number of nitrogens with zero attached hydrogens (tertiary/aromatic N) is 2. The van der Waals surface area contributed by atoms with E-state index in [1.54, 1.807) is 0 Å². The number of rotatable bonds is 8. The fraction of sp³-hybridized carbons (Fsp3) is 0.467. The number of carboxylic acid groups (broad SMARTS) is 1. The number of aliphatic carboxylic acids is 1. The molecule has 2 aliphatic rings. The molecule has 2 aromatic carbocycles. The molecule has 4 aromatic rings. The molecule has 2 atom stereocenters. The molecule has 0 bridgehead atoms. The van der Waals surface area contributed by atoms with Crippen LogP contribution in [-0.4, -0.2) is 45.3 Å². The van der Waals surface area contributed by atoms with E-state index < -0.39 is 29.4 Å². The summed E-state index contributed by atoms with van der Waals surface area (Å²) < 4.78 is 17.3. The van der Waals surface area contributed by atoms with Crippen molar-refractivity contribution < 1.29 is 28.9 Å². The highest BCUT2D eigenvalue weighted by molar-refractivity contribution is 5.84. The summed E-state index contributed by atoms with van der Waals surface area (Å²) in [4.78, 5) is 34.5. The largest absolute Gasteiger partial charge is 0.479 e. The van der Waals surface area contributed by atoms with Gasteiger partial charge in [0.05, 0.1) is 18.3 Å². The molecular weight excluding hydrogens is 665 g/mol. The minimum Gasteiger partial charge on any atom is -0.479 e. The standard InChI is InChI=1S/C23H29NO3.C22H27NO3/c1-15-19(21(22(25)26-5)27-23(2,3)4)20(16-11-7-6-8-12-16)17-13-9-10-14-18(17)24-15;1-14-18(20(21(24)25)26-22(2,3)4)19(15-10-6-5-7-11-15)16-12-8-9-13-17(16)23-14/h6-8,11-12,21H,9-10,13-14H2,1-5H3;5-7,10-11,20H,8-9,12-13H2,1-4H3,(H,24,25). The van der Waals surface area contributed by atoms with E-state index in [-0.39, 0.29) is 5.97 Å².